The summed E-state index contributed by atoms with van der Waals surface area (Å²) >= 11 is 0. The van der Waals surface area contributed by atoms with Crippen molar-refractivity contribution in [2.75, 3.05) is 6.26 Å². The monoisotopic (exact) mass is 256 g/mol. The fourth-order valence-corrected chi connectivity index (χ4v) is 2.43. The van der Waals surface area contributed by atoms with Crippen LogP contribution in [0.5, 0.6) is 5.75 Å². The van der Waals surface area contributed by atoms with Gasteiger partial charge in [-0.3, -0.25) is 4.18 Å². The highest BCUT2D eigenvalue weighted by molar-refractivity contribution is 7.86. The fourth-order valence-electron chi connectivity index (χ4n) is 1.76. The molecule has 0 unspecified atom stereocenters. The minimum Gasteiger partial charge on any atom is -0.487 e. The predicted molar refractivity (Wildman–Crippen MR) is 64.5 cm³/mol. The molecule has 0 spiro atoms. The van der Waals surface area contributed by atoms with Gasteiger partial charge in [-0.25, -0.2) is 0 Å². The molecule has 4 nitrogen and oxygen atoms in total. The molecule has 0 heterocycles. The van der Waals surface area contributed by atoms with Crippen molar-refractivity contribution in [3.63, 3.8) is 0 Å². The van der Waals surface area contributed by atoms with E-state index in [9.17, 15) is 8.42 Å². The lowest BCUT2D eigenvalue weighted by atomic mass is 9.92. The molecular weight excluding hydrogens is 240 g/mol. The Labute approximate surface area is 102 Å². The number of hydrogen-bond acceptors (Lipinski definition) is 4. The molecule has 1 aliphatic carbocycles. The van der Waals surface area contributed by atoms with Gasteiger partial charge in [0.25, 0.3) is 10.1 Å². The highest BCUT2D eigenvalue weighted by Gasteiger charge is 2.36. The summed E-state index contributed by atoms with van der Waals surface area (Å²) in [6.45, 7) is 1.96. The molecule has 0 amide bonds. The maximum Gasteiger partial charge on any atom is 0.264 e. The van der Waals surface area contributed by atoms with E-state index in [-0.39, 0.29) is 12.2 Å². The Balaban J connectivity index is 1.99. The Kier molecular flexibility index (Phi) is 3.40. The molecule has 0 saturated heterocycles. The first kappa shape index (κ1) is 12.4. The lowest BCUT2D eigenvalue weighted by Crippen LogP contribution is -2.44. The molecule has 0 radical (unpaired) electrons. The smallest absolute Gasteiger partial charge is 0.264 e. The minimum atomic E-state index is -3.40. The van der Waals surface area contributed by atoms with Crippen LogP contribution in [0, 0.1) is 6.92 Å². The number of rotatable bonds is 4. The molecule has 2 atom stereocenters. The van der Waals surface area contributed by atoms with Gasteiger partial charge in [-0.15, -0.1) is 0 Å². The third-order valence-electron chi connectivity index (χ3n) is 2.82. The molecule has 94 valence electrons. The topological polar surface area (TPSA) is 52.6 Å². The first-order chi connectivity index (χ1) is 7.96. The molecule has 5 heteroatoms. The van der Waals surface area contributed by atoms with Crippen LogP contribution < -0.4 is 4.74 Å². The summed E-state index contributed by atoms with van der Waals surface area (Å²) in [5.41, 5.74) is 1.04. The van der Waals surface area contributed by atoms with Crippen LogP contribution in [0.1, 0.15) is 18.4 Å². The third kappa shape index (κ3) is 3.20. The zero-order valence-corrected chi connectivity index (χ0v) is 10.7. The van der Waals surface area contributed by atoms with Gasteiger partial charge in [0.05, 0.1) is 6.26 Å². The van der Waals surface area contributed by atoms with E-state index in [1.165, 1.54) is 0 Å². The molecule has 17 heavy (non-hydrogen) atoms. The SMILES string of the molecule is Cc1ccccc1O[C@H]1CC[C@H]1OS(C)(=O)=O. The summed E-state index contributed by atoms with van der Waals surface area (Å²) in [6.07, 6.45) is 2.12. The highest BCUT2D eigenvalue weighted by atomic mass is 32.2. The zero-order chi connectivity index (χ0) is 12.5. The van der Waals surface area contributed by atoms with Crippen LogP contribution in [0.3, 0.4) is 0 Å². The summed E-state index contributed by atoms with van der Waals surface area (Å²) < 4.78 is 32.7. The summed E-state index contributed by atoms with van der Waals surface area (Å²) in [7, 11) is -3.40. The highest BCUT2D eigenvalue weighted by Crippen LogP contribution is 2.30. The van der Waals surface area contributed by atoms with Gasteiger partial charge in [0.15, 0.2) is 0 Å². The van der Waals surface area contributed by atoms with Crippen molar-refractivity contribution in [1.29, 1.82) is 0 Å². The molecule has 0 aliphatic heterocycles. The number of ether oxygens (including phenoxy) is 1. The van der Waals surface area contributed by atoms with Gasteiger partial charge >= 0.3 is 0 Å². The molecule has 1 aromatic rings. The van der Waals surface area contributed by atoms with E-state index in [1.807, 2.05) is 31.2 Å². The molecule has 0 aromatic heterocycles. The van der Waals surface area contributed by atoms with E-state index in [0.717, 1.165) is 30.4 Å². The molecular formula is C12H16O4S. The third-order valence-corrected chi connectivity index (χ3v) is 3.42. The van der Waals surface area contributed by atoms with Gasteiger partial charge in [-0.2, -0.15) is 8.42 Å². The van der Waals surface area contributed by atoms with Gasteiger partial charge in [0.2, 0.25) is 0 Å². The Morgan fingerprint density at radius 3 is 2.35 bits per heavy atom. The second-order valence-corrected chi connectivity index (χ2v) is 5.94. The van der Waals surface area contributed by atoms with Crippen molar-refractivity contribution in [3.8, 4) is 5.75 Å². The van der Waals surface area contributed by atoms with Gasteiger partial charge in [0.1, 0.15) is 18.0 Å². The van der Waals surface area contributed by atoms with Crippen molar-refractivity contribution in [2.24, 2.45) is 0 Å². The Morgan fingerprint density at radius 1 is 1.18 bits per heavy atom. The van der Waals surface area contributed by atoms with E-state index in [4.69, 9.17) is 8.92 Å². The van der Waals surface area contributed by atoms with Crippen molar-refractivity contribution < 1.29 is 17.3 Å². The van der Waals surface area contributed by atoms with E-state index < -0.39 is 10.1 Å². The van der Waals surface area contributed by atoms with Gasteiger partial charge in [-0.1, -0.05) is 18.2 Å². The quantitative estimate of drug-likeness (QED) is 0.772. The van der Waals surface area contributed by atoms with Crippen LogP contribution in [-0.4, -0.2) is 26.9 Å². The molecule has 1 fully saturated rings. The van der Waals surface area contributed by atoms with Crippen LogP contribution in [-0.2, 0) is 14.3 Å². The van der Waals surface area contributed by atoms with E-state index in [2.05, 4.69) is 0 Å². The first-order valence-electron chi connectivity index (χ1n) is 5.56. The Bertz CT molecular complexity index is 495. The van der Waals surface area contributed by atoms with Crippen LogP contribution in [0.4, 0.5) is 0 Å². The van der Waals surface area contributed by atoms with Gasteiger partial charge in [-0.05, 0) is 31.4 Å². The molecule has 2 rings (SSSR count). The summed E-state index contributed by atoms with van der Waals surface area (Å²) in [5.74, 6) is 0.791. The summed E-state index contributed by atoms with van der Waals surface area (Å²) in [4.78, 5) is 0. The van der Waals surface area contributed by atoms with Crippen molar-refractivity contribution in [2.45, 2.75) is 32.0 Å². The first-order valence-corrected chi connectivity index (χ1v) is 7.38. The summed E-state index contributed by atoms with van der Waals surface area (Å²) in [6, 6.07) is 7.67. The van der Waals surface area contributed by atoms with Crippen molar-refractivity contribution >= 4 is 10.1 Å². The van der Waals surface area contributed by atoms with E-state index >= 15 is 0 Å². The molecule has 0 N–H and O–H groups in total. The largest absolute Gasteiger partial charge is 0.487 e. The normalized spacial score (nSPS) is 24.1. The maximum absolute atomic E-state index is 11.0. The molecule has 1 aliphatic rings. The van der Waals surface area contributed by atoms with Gasteiger partial charge < -0.3 is 4.74 Å². The number of para-hydroxylation sites is 1. The second kappa shape index (κ2) is 4.66. The van der Waals surface area contributed by atoms with Crippen LogP contribution in [0.2, 0.25) is 0 Å². The van der Waals surface area contributed by atoms with E-state index in [1.54, 1.807) is 0 Å². The lowest BCUT2D eigenvalue weighted by molar-refractivity contribution is -0.0158. The number of benzene rings is 1. The van der Waals surface area contributed by atoms with Crippen molar-refractivity contribution in [1.82, 2.24) is 0 Å². The lowest BCUT2D eigenvalue weighted by Gasteiger charge is -2.35. The van der Waals surface area contributed by atoms with Crippen molar-refractivity contribution in [3.05, 3.63) is 29.8 Å². The van der Waals surface area contributed by atoms with Crippen LogP contribution in [0.25, 0.3) is 0 Å². The molecule has 0 bridgehead atoms. The number of hydrogen-bond donors (Lipinski definition) is 0. The molecule has 1 saturated carbocycles. The zero-order valence-electron chi connectivity index (χ0n) is 9.92. The molecule has 1 aromatic carbocycles. The average Bonchev–Trinajstić information content (AvgIpc) is 2.22. The van der Waals surface area contributed by atoms with Gasteiger partial charge in [0, 0.05) is 0 Å². The summed E-state index contributed by atoms with van der Waals surface area (Å²) in [5, 5.41) is 0. The second-order valence-electron chi connectivity index (χ2n) is 4.34. The minimum absolute atomic E-state index is 0.161. The van der Waals surface area contributed by atoms with Crippen LogP contribution >= 0.6 is 0 Å². The average molecular weight is 256 g/mol. The Hall–Kier alpha value is -1.07. The predicted octanol–water partition coefficient (Wildman–Crippen LogP) is 1.88. The standard InChI is InChI=1S/C12H16O4S/c1-9-5-3-4-6-10(9)15-11-7-8-12(11)16-17(2,13)14/h3-6,11-12H,7-8H2,1-2H3/t11-,12+/m0/s1. The van der Waals surface area contributed by atoms with Crippen LogP contribution in [0.15, 0.2) is 24.3 Å². The maximum atomic E-state index is 11.0. The number of aryl methyl sites for hydroxylation is 1. The Morgan fingerprint density at radius 2 is 1.82 bits per heavy atom. The fraction of sp³-hybridized carbons (Fsp3) is 0.500. The van der Waals surface area contributed by atoms with E-state index in [0.29, 0.717) is 0 Å².